The van der Waals surface area contributed by atoms with Crippen LogP contribution in [0.4, 0.5) is 0 Å². The van der Waals surface area contributed by atoms with E-state index < -0.39 is 0 Å². The molecular weight excluding hydrogens is 1020 g/mol. The standard InChI is InChI=1S/C58H80N2O14.2ClH/c1-59(25-21-42-36-53(69-9)56(70-10)44(45(42)38-59)29-39-31-49(65-5)57(71-11)50(32-39)66-6)23-17-27-73-54(61)19-15-13-14-16-20-55(62)74-28-18-24-60(2)26-22-41-35-47(63-3)48(64-4)37-43(41)46(60)30-40-33-51(67-7)58(72-12)52(34-40)68-8;;/h13-14,31-37,46H,15-30,38H2,1-12H3;2*1H/q+2;;/p-2/b14-13-;;. The van der Waals surface area contributed by atoms with Crippen LogP contribution in [-0.2, 0) is 51.3 Å². The predicted molar refractivity (Wildman–Crippen MR) is 282 cm³/mol. The van der Waals surface area contributed by atoms with Crippen LogP contribution in [0.1, 0.15) is 83.5 Å². The number of quaternary nitrogens is 2. The molecule has 4 aromatic rings. The van der Waals surface area contributed by atoms with Gasteiger partial charge >= 0.3 is 11.9 Å². The molecule has 0 aromatic heterocycles. The normalized spacial score (nSPS) is 17.4. The summed E-state index contributed by atoms with van der Waals surface area (Å²) in [6.45, 7) is 4.95. The van der Waals surface area contributed by atoms with E-state index in [9.17, 15) is 9.59 Å². The lowest BCUT2D eigenvalue weighted by Gasteiger charge is -2.46. The Kier molecular flexibility index (Phi) is 24.3. The largest absolute Gasteiger partial charge is 1.00 e. The van der Waals surface area contributed by atoms with E-state index in [2.05, 4.69) is 32.3 Å². The Hall–Kier alpha value is -5.94. The molecule has 3 unspecified atom stereocenters. The number of halogens is 2. The summed E-state index contributed by atoms with van der Waals surface area (Å²) in [6.07, 6.45) is 9.92. The van der Waals surface area contributed by atoms with E-state index in [1.807, 2.05) is 36.4 Å². The second kappa shape index (κ2) is 29.5. The zero-order chi connectivity index (χ0) is 53.4. The first-order chi connectivity index (χ1) is 35.7. The maximum absolute atomic E-state index is 12.8. The molecular formula is C58H80Cl2N2O14. The van der Waals surface area contributed by atoms with Crippen LogP contribution in [0.3, 0.4) is 0 Å². The maximum Gasteiger partial charge on any atom is 0.306 e. The summed E-state index contributed by atoms with van der Waals surface area (Å²) in [4.78, 5) is 25.6. The molecule has 0 radical (unpaired) electrons. The Balaban J connectivity index is 0.00000624. The van der Waals surface area contributed by atoms with E-state index >= 15 is 0 Å². The fourth-order valence-corrected chi connectivity index (χ4v) is 10.7. The lowest BCUT2D eigenvalue weighted by atomic mass is 9.86. The van der Waals surface area contributed by atoms with Gasteiger partial charge in [0.1, 0.15) is 12.6 Å². The molecule has 2 aliphatic heterocycles. The van der Waals surface area contributed by atoms with Crippen LogP contribution >= 0.6 is 0 Å². The van der Waals surface area contributed by atoms with Crippen molar-refractivity contribution in [2.24, 2.45) is 0 Å². The average Bonchev–Trinajstić information content (AvgIpc) is 3.41. The molecule has 0 saturated heterocycles. The highest BCUT2D eigenvalue weighted by Crippen LogP contribution is 2.46. The Bertz CT molecular complexity index is 2540. The number of rotatable bonds is 28. The van der Waals surface area contributed by atoms with Gasteiger partial charge in [-0.25, -0.2) is 0 Å². The van der Waals surface area contributed by atoms with E-state index in [1.54, 1.807) is 71.1 Å². The molecule has 16 nitrogen and oxygen atoms in total. The zero-order valence-electron chi connectivity index (χ0n) is 46.7. The highest BCUT2D eigenvalue weighted by Gasteiger charge is 2.40. The summed E-state index contributed by atoms with van der Waals surface area (Å²) in [5.74, 6) is 5.82. The topological polar surface area (TPSA) is 145 Å². The Morgan fingerprint density at radius 1 is 0.526 bits per heavy atom. The maximum atomic E-state index is 12.8. The highest BCUT2D eigenvalue weighted by molar-refractivity contribution is 5.70. The average molecular weight is 1100 g/mol. The van der Waals surface area contributed by atoms with Gasteiger partial charge < -0.3 is 90.6 Å². The molecule has 420 valence electrons. The summed E-state index contributed by atoms with van der Waals surface area (Å²) in [6, 6.07) is 14.3. The van der Waals surface area contributed by atoms with Gasteiger partial charge in [-0.1, -0.05) is 12.2 Å². The molecule has 0 fully saturated rings. The van der Waals surface area contributed by atoms with Crippen molar-refractivity contribution in [2.75, 3.05) is 125 Å². The molecule has 0 aliphatic carbocycles. The number of hydrogen-bond donors (Lipinski definition) is 0. The third-order valence-electron chi connectivity index (χ3n) is 14.7. The minimum absolute atomic E-state index is 0. The van der Waals surface area contributed by atoms with Gasteiger partial charge in [0.15, 0.2) is 46.0 Å². The van der Waals surface area contributed by atoms with Crippen LogP contribution < -0.4 is 72.2 Å². The zero-order valence-corrected chi connectivity index (χ0v) is 48.2. The number of benzene rings is 4. The smallest absolute Gasteiger partial charge is 0.306 e. The molecule has 0 amide bonds. The van der Waals surface area contributed by atoms with Gasteiger partial charge in [0.05, 0.1) is 125 Å². The fourth-order valence-electron chi connectivity index (χ4n) is 10.7. The molecule has 2 heterocycles. The number of hydrogen-bond acceptors (Lipinski definition) is 14. The van der Waals surface area contributed by atoms with Crippen molar-refractivity contribution in [1.82, 2.24) is 0 Å². The quantitative estimate of drug-likeness (QED) is 0.0356. The van der Waals surface area contributed by atoms with Crippen molar-refractivity contribution in [2.45, 2.75) is 76.8 Å². The Labute approximate surface area is 462 Å². The molecule has 76 heavy (non-hydrogen) atoms. The van der Waals surface area contributed by atoms with Crippen LogP contribution in [0.25, 0.3) is 0 Å². The lowest BCUT2D eigenvalue weighted by molar-refractivity contribution is -0.941. The number of carbonyl (C=O) groups excluding carboxylic acids is 2. The highest BCUT2D eigenvalue weighted by atomic mass is 35.5. The SMILES string of the molecule is COc1cc2c(cc1OC)C(Cc1cc(OC)c(OC)c(OC)c1)[N+](C)(CCCOC(=O)CC/C=C\CCC(=O)OCCC[N+]1(C)CCc3cc(OC)c(OC)c(Cc4cc(OC)c(OC)c(OC)c4)c3C1)CC2.[Cl-].[Cl-]. The molecule has 0 saturated carbocycles. The van der Waals surface area contributed by atoms with Gasteiger partial charge in [0.2, 0.25) is 11.5 Å². The van der Waals surface area contributed by atoms with E-state index in [-0.39, 0.29) is 55.6 Å². The number of fused-ring (bicyclic) bond motifs is 2. The van der Waals surface area contributed by atoms with Crippen LogP contribution in [0, 0.1) is 0 Å². The van der Waals surface area contributed by atoms with Crippen molar-refractivity contribution in [3.63, 3.8) is 0 Å². The molecule has 0 spiro atoms. The van der Waals surface area contributed by atoms with Crippen LogP contribution in [-0.4, -0.2) is 145 Å². The van der Waals surface area contributed by atoms with Crippen molar-refractivity contribution in [3.8, 4) is 57.5 Å². The van der Waals surface area contributed by atoms with E-state index in [0.29, 0.717) is 103 Å². The van der Waals surface area contributed by atoms with Gasteiger partial charge in [-0.15, -0.1) is 0 Å². The second-order valence-electron chi connectivity index (χ2n) is 19.4. The molecule has 4 aromatic carbocycles. The first-order valence-electron chi connectivity index (χ1n) is 25.5. The van der Waals surface area contributed by atoms with E-state index in [4.69, 9.17) is 56.8 Å². The number of ether oxygens (including phenoxy) is 12. The first kappa shape index (κ1) is 62.6. The second-order valence-corrected chi connectivity index (χ2v) is 19.4. The molecule has 2 aliphatic rings. The van der Waals surface area contributed by atoms with Gasteiger partial charge in [0, 0.05) is 68.1 Å². The molecule has 0 bridgehead atoms. The van der Waals surface area contributed by atoms with Crippen LogP contribution in [0.2, 0.25) is 0 Å². The van der Waals surface area contributed by atoms with Crippen molar-refractivity contribution < 1.29 is 100 Å². The van der Waals surface area contributed by atoms with Gasteiger partial charge in [-0.3, -0.25) is 9.59 Å². The first-order valence-corrected chi connectivity index (χ1v) is 25.5. The molecule has 6 rings (SSSR count). The molecule has 3 atom stereocenters. The number of nitrogens with zero attached hydrogens (tertiary/aromatic N) is 2. The number of allylic oxidation sites excluding steroid dienone is 2. The molecule has 0 N–H and O–H groups in total. The minimum atomic E-state index is -0.242. The number of methoxy groups -OCH3 is 10. The fraction of sp³-hybridized carbons (Fsp3) is 0.517. The molecule has 18 heteroatoms. The van der Waals surface area contributed by atoms with Crippen molar-refractivity contribution >= 4 is 11.9 Å². The summed E-state index contributed by atoms with van der Waals surface area (Å²) in [5.41, 5.74) is 8.00. The predicted octanol–water partition coefficient (Wildman–Crippen LogP) is 2.84. The van der Waals surface area contributed by atoms with Crippen molar-refractivity contribution in [3.05, 3.63) is 93.6 Å². The monoisotopic (exact) mass is 1100 g/mol. The third kappa shape index (κ3) is 15.2. The van der Waals surface area contributed by atoms with Gasteiger partial charge in [0.25, 0.3) is 0 Å². The van der Waals surface area contributed by atoms with Crippen LogP contribution in [0.15, 0.2) is 54.6 Å². The summed E-state index contributed by atoms with van der Waals surface area (Å²) in [5, 5.41) is 0. The van der Waals surface area contributed by atoms with E-state index in [1.165, 1.54) is 22.3 Å². The minimum Gasteiger partial charge on any atom is -1.00 e. The van der Waals surface area contributed by atoms with Crippen molar-refractivity contribution in [1.29, 1.82) is 0 Å². The summed E-state index contributed by atoms with van der Waals surface area (Å²) < 4.78 is 70.1. The third-order valence-corrected chi connectivity index (χ3v) is 14.7. The number of esters is 2. The lowest BCUT2D eigenvalue weighted by Crippen LogP contribution is -3.00. The van der Waals surface area contributed by atoms with E-state index in [0.717, 1.165) is 77.6 Å². The summed E-state index contributed by atoms with van der Waals surface area (Å²) >= 11 is 0. The number of carbonyl (C=O) groups is 2. The Morgan fingerprint density at radius 2 is 0.974 bits per heavy atom. The van der Waals surface area contributed by atoms with Crippen LogP contribution in [0.5, 0.6) is 57.5 Å². The van der Waals surface area contributed by atoms with Gasteiger partial charge in [-0.05, 0) is 77.6 Å². The summed E-state index contributed by atoms with van der Waals surface area (Å²) in [7, 11) is 20.9. The Morgan fingerprint density at radius 3 is 1.47 bits per heavy atom. The van der Waals surface area contributed by atoms with Gasteiger partial charge in [-0.2, -0.15) is 0 Å². The number of likely N-dealkylation sites (N-methyl/N-ethyl adjacent to an activating group) is 2.